The number of nitrogens with zero attached hydrogens (tertiary/aromatic N) is 2. The van der Waals surface area contributed by atoms with Gasteiger partial charge in [0.1, 0.15) is 0 Å². The van der Waals surface area contributed by atoms with Crippen molar-refractivity contribution in [3.05, 3.63) is 0 Å². The van der Waals surface area contributed by atoms with Gasteiger partial charge in [0, 0.05) is 19.6 Å². The number of hydrogen-bond acceptors (Lipinski definition) is 2. The summed E-state index contributed by atoms with van der Waals surface area (Å²) in [6, 6.07) is 0. The molecular weight excluding hydrogens is 244 g/mol. The van der Waals surface area contributed by atoms with Gasteiger partial charge in [0.2, 0.25) is 0 Å². The van der Waals surface area contributed by atoms with Crippen LogP contribution in [-0.4, -0.2) is 49.6 Å². The topological polar surface area (TPSA) is 6.48 Å². The Kier molecular flexibility index (Phi) is 5.04. The number of likely N-dealkylation sites (tertiary alicyclic amines) is 2. The molecule has 0 radical (unpaired) electrons. The summed E-state index contributed by atoms with van der Waals surface area (Å²) in [7, 11) is 2.25. The Morgan fingerprint density at radius 2 is 1.45 bits per heavy atom. The highest BCUT2D eigenvalue weighted by molar-refractivity contribution is 4.83. The van der Waals surface area contributed by atoms with Crippen LogP contribution in [0.2, 0.25) is 0 Å². The Morgan fingerprint density at radius 1 is 0.800 bits per heavy atom. The molecule has 0 aromatic carbocycles. The summed E-state index contributed by atoms with van der Waals surface area (Å²) in [6.07, 6.45) is 10.4. The van der Waals surface area contributed by atoms with E-state index in [1.807, 2.05) is 0 Å². The van der Waals surface area contributed by atoms with E-state index >= 15 is 0 Å². The second-order valence-corrected chi connectivity index (χ2v) is 8.19. The molecule has 20 heavy (non-hydrogen) atoms. The van der Waals surface area contributed by atoms with Crippen LogP contribution < -0.4 is 0 Å². The monoisotopic (exact) mass is 278 g/mol. The normalized spacial score (nSPS) is 35.1. The smallest absolute Gasteiger partial charge is 0.00191 e. The summed E-state index contributed by atoms with van der Waals surface area (Å²) in [5, 5.41) is 0. The van der Waals surface area contributed by atoms with Gasteiger partial charge in [-0.25, -0.2) is 0 Å². The molecule has 3 rings (SSSR count). The molecule has 1 saturated carbocycles. The standard InChI is InChI=1S/C18H34N2/c1-15-3-5-17(6-4-15)14-20-9-7-16(8-10-20)11-18-12-19(2)13-18/h15-18H,3-14H2,1-2H3. The van der Waals surface area contributed by atoms with Gasteiger partial charge in [-0.2, -0.15) is 0 Å². The quantitative estimate of drug-likeness (QED) is 0.777. The van der Waals surface area contributed by atoms with Crippen molar-refractivity contribution < 1.29 is 0 Å². The van der Waals surface area contributed by atoms with Crippen LogP contribution in [0, 0.1) is 23.7 Å². The van der Waals surface area contributed by atoms with E-state index in [9.17, 15) is 0 Å². The Balaban J connectivity index is 1.32. The van der Waals surface area contributed by atoms with E-state index in [1.54, 1.807) is 0 Å². The molecule has 0 amide bonds. The molecule has 2 aliphatic heterocycles. The second-order valence-electron chi connectivity index (χ2n) is 8.19. The SMILES string of the molecule is CC1CCC(CN2CCC(CC3CN(C)C3)CC2)CC1. The first-order valence-corrected chi connectivity index (χ1v) is 9.10. The Morgan fingerprint density at radius 3 is 2.05 bits per heavy atom. The van der Waals surface area contributed by atoms with Crippen molar-refractivity contribution in [1.29, 1.82) is 0 Å². The predicted molar refractivity (Wildman–Crippen MR) is 85.9 cm³/mol. The summed E-state index contributed by atoms with van der Waals surface area (Å²) in [4.78, 5) is 5.24. The maximum atomic E-state index is 2.78. The van der Waals surface area contributed by atoms with Crippen molar-refractivity contribution in [2.45, 2.75) is 51.9 Å². The lowest BCUT2D eigenvalue weighted by Crippen LogP contribution is -2.45. The second kappa shape index (κ2) is 6.79. The third kappa shape index (κ3) is 3.98. The minimum absolute atomic E-state index is 0.998. The van der Waals surface area contributed by atoms with E-state index in [1.165, 1.54) is 77.7 Å². The Bertz CT molecular complexity index is 282. The van der Waals surface area contributed by atoms with Crippen LogP contribution in [0.1, 0.15) is 51.9 Å². The highest BCUT2D eigenvalue weighted by Crippen LogP contribution is 2.32. The van der Waals surface area contributed by atoms with Gasteiger partial charge < -0.3 is 9.80 Å². The third-order valence-corrected chi connectivity index (χ3v) is 6.17. The van der Waals surface area contributed by atoms with Gasteiger partial charge in [-0.3, -0.25) is 0 Å². The van der Waals surface area contributed by atoms with Crippen molar-refractivity contribution in [1.82, 2.24) is 9.80 Å². The highest BCUT2D eigenvalue weighted by Gasteiger charge is 2.29. The van der Waals surface area contributed by atoms with Crippen LogP contribution in [0.3, 0.4) is 0 Å². The lowest BCUT2D eigenvalue weighted by molar-refractivity contribution is 0.0822. The Labute approximate surface area is 125 Å². The van der Waals surface area contributed by atoms with Gasteiger partial charge in [0.05, 0.1) is 0 Å². The number of piperidine rings is 1. The maximum Gasteiger partial charge on any atom is 0.00191 e. The van der Waals surface area contributed by atoms with Crippen molar-refractivity contribution in [3.8, 4) is 0 Å². The van der Waals surface area contributed by atoms with Gasteiger partial charge in [0.25, 0.3) is 0 Å². The lowest BCUT2D eigenvalue weighted by Gasteiger charge is -2.41. The fraction of sp³-hybridized carbons (Fsp3) is 1.00. The van der Waals surface area contributed by atoms with E-state index in [2.05, 4.69) is 23.8 Å². The Hall–Kier alpha value is -0.0800. The number of hydrogen-bond donors (Lipinski definition) is 0. The van der Waals surface area contributed by atoms with Crippen LogP contribution >= 0.6 is 0 Å². The van der Waals surface area contributed by atoms with E-state index in [4.69, 9.17) is 0 Å². The summed E-state index contributed by atoms with van der Waals surface area (Å²) in [6.45, 7) is 9.34. The molecule has 0 bridgehead atoms. The number of rotatable bonds is 4. The van der Waals surface area contributed by atoms with Crippen molar-refractivity contribution in [3.63, 3.8) is 0 Å². The molecule has 116 valence electrons. The zero-order chi connectivity index (χ0) is 13.9. The van der Waals surface area contributed by atoms with Crippen molar-refractivity contribution >= 4 is 0 Å². The zero-order valence-electron chi connectivity index (χ0n) is 13.7. The van der Waals surface area contributed by atoms with Crippen LogP contribution in [-0.2, 0) is 0 Å². The first-order chi connectivity index (χ1) is 9.69. The predicted octanol–water partition coefficient (Wildman–Crippen LogP) is 3.48. The summed E-state index contributed by atoms with van der Waals surface area (Å²) < 4.78 is 0. The molecule has 3 fully saturated rings. The minimum atomic E-state index is 0.998. The minimum Gasteiger partial charge on any atom is -0.306 e. The molecule has 3 aliphatic rings. The lowest BCUT2D eigenvalue weighted by atomic mass is 9.81. The largest absolute Gasteiger partial charge is 0.306 e. The average molecular weight is 278 g/mol. The molecule has 2 heterocycles. The third-order valence-electron chi connectivity index (χ3n) is 6.17. The molecule has 0 atom stereocenters. The van der Waals surface area contributed by atoms with Gasteiger partial charge in [-0.15, -0.1) is 0 Å². The molecule has 0 N–H and O–H groups in total. The molecule has 2 saturated heterocycles. The zero-order valence-corrected chi connectivity index (χ0v) is 13.7. The molecular formula is C18H34N2. The van der Waals surface area contributed by atoms with Gasteiger partial charge in [-0.1, -0.05) is 19.8 Å². The maximum absolute atomic E-state index is 2.78. The first-order valence-electron chi connectivity index (χ1n) is 9.10. The van der Waals surface area contributed by atoms with Crippen LogP contribution in [0.5, 0.6) is 0 Å². The molecule has 2 heteroatoms. The first kappa shape index (κ1) is 14.8. The fourth-order valence-electron chi connectivity index (χ4n) is 4.73. The van der Waals surface area contributed by atoms with Gasteiger partial charge in [-0.05, 0) is 75.9 Å². The molecule has 2 nitrogen and oxygen atoms in total. The van der Waals surface area contributed by atoms with Crippen LogP contribution in [0.4, 0.5) is 0 Å². The van der Waals surface area contributed by atoms with Gasteiger partial charge >= 0.3 is 0 Å². The van der Waals surface area contributed by atoms with Crippen molar-refractivity contribution in [2.24, 2.45) is 23.7 Å². The summed E-state index contributed by atoms with van der Waals surface area (Å²) >= 11 is 0. The molecule has 0 aromatic heterocycles. The fourth-order valence-corrected chi connectivity index (χ4v) is 4.73. The van der Waals surface area contributed by atoms with E-state index < -0.39 is 0 Å². The van der Waals surface area contributed by atoms with Crippen molar-refractivity contribution in [2.75, 3.05) is 39.8 Å². The van der Waals surface area contributed by atoms with E-state index in [0.29, 0.717) is 0 Å². The molecule has 0 unspecified atom stereocenters. The molecule has 0 aromatic rings. The van der Waals surface area contributed by atoms with Crippen LogP contribution in [0.15, 0.2) is 0 Å². The summed E-state index contributed by atoms with van der Waals surface area (Å²) in [5.41, 5.74) is 0. The highest BCUT2D eigenvalue weighted by atomic mass is 15.2. The molecule has 1 aliphatic carbocycles. The van der Waals surface area contributed by atoms with E-state index in [-0.39, 0.29) is 0 Å². The van der Waals surface area contributed by atoms with E-state index in [0.717, 1.165) is 23.7 Å². The molecule has 0 spiro atoms. The summed E-state index contributed by atoms with van der Waals surface area (Å²) in [5.74, 6) is 4.08. The average Bonchev–Trinajstić information content (AvgIpc) is 2.42. The van der Waals surface area contributed by atoms with Crippen LogP contribution in [0.25, 0.3) is 0 Å². The van der Waals surface area contributed by atoms with Gasteiger partial charge in [0.15, 0.2) is 0 Å².